The fourth-order valence-electron chi connectivity index (χ4n) is 12.4. The van der Waals surface area contributed by atoms with Crippen molar-refractivity contribution in [3.63, 3.8) is 0 Å². The molecular weight excluding hydrogens is 761 g/mol. The molecule has 0 heterocycles. The lowest BCUT2D eigenvalue weighted by molar-refractivity contribution is 0.00300. The first-order chi connectivity index (χ1) is 29.5. The number of benzene rings is 4. The van der Waals surface area contributed by atoms with Gasteiger partial charge in [-0.05, 0) is 199 Å². The van der Waals surface area contributed by atoms with Crippen molar-refractivity contribution < 1.29 is 20.4 Å². The normalized spacial score (nSPS) is 24.9. The van der Waals surface area contributed by atoms with Crippen LogP contribution < -0.4 is 0 Å². The number of hydrogen-bond acceptors (Lipinski definition) is 4. The van der Waals surface area contributed by atoms with Crippen LogP contribution in [-0.2, 0) is 10.8 Å². The maximum atomic E-state index is 11.1. The Bertz CT molecular complexity index is 1850. The van der Waals surface area contributed by atoms with Crippen molar-refractivity contribution in [3.8, 4) is 23.0 Å². The molecule has 0 saturated heterocycles. The Balaban J connectivity index is 1.38. The van der Waals surface area contributed by atoms with Crippen LogP contribution in [0.15, 0.2) is 72.8 Å². The van der Waals surface area contributed by atoms with E-state index in [-0.39, 0.29) is 39.9 Å². The van der Waals surface area contributed by atoms with Gasteiger partial charge in [-0.25, -0.2) is 0 Å². The third kappa shape index (κ3) is 9.05. The molecular formula is C58H82O4. The molecule has 4 aromatic rings. The second-order valence-electron chi connectivity index (χ2n) is 21.1. The van der Waals surface area contributed by atoms with Crippen LogP contribution >= 0.6 is 0 Å². The summed E-state index contributed by atoms with van der Waals surface area (Å²) < 4.78 is 0. The van der Waals surface area contributed by atoms with Gasteiger partial charge in [0, 0.05) is 10.8 Å². The summed E-state index contributed by atoms with van der Waals surface area (Å²) in [4.78, 5) is 0. The molecule has 0 aromatic heterocycles. The zero-order valence-electron chi connectivity index (χ0n) is 40.5. The largest absolute Gasteiger partial charge is 0.508 e. The summed E-state index contributed by atoms with van der Waals surface area (Å²) in [5.41, 5.74) is 9.10. The van der Waals surface area contributed by atoms with Gasteiger partial charge in [0.2, 0.25) is 0 Å². The van der Waals surface area contributed by atoms with Gasteiger partial charge >= 0.3 is 0 Å². The Labute approximate surface area is 376 Å². The lowest BCUT2D eigenvalue weighted by atomic mass is 9.51. The van der Waals surface area contributed by atoms with Gasteiger partial charge < -0.3 is 20.4 Å². The Morgan fingerprint density at radius 2 is 0.694 bits per heavy atom. The van der Waals surface area contributed by atoms with Crippen LogP contribution in [0.25, 0.3) is 0 Å². The molecule has 0 radical (unpaired) electrons. The first-order valence-electron chi connectivity index (χ1n) is 24.8. The summed E-state index contributed by atoms with van der Waals surface area (Å²) in [6.45, 7) is 25.2. The molecule has 0 bridgehead atoms. The van der Waals surface area contributed by atoms with E-state index in [0.717, 1.165) is 99.3 Å². The van der Waals surface area contributed by atoms with E-state index < -0.39 is 0 Å². The topological polar surface area (TPSA) is 80.9 Å². The molecule has 2 aliphatic rings. The van der Waals surface area contributed by atoms with Gasteiger partial charge in [-0.2, -0.15) is 0 Å². The van der Waals surface area contributed by atoms with Crippen molar-refractivity contribution in [2.75, 3.05) is 0 Å². The van der Waals surface area contributed by atoms with E-state index in [1.807, 2.05) is 24.3 Å². The zero-order valence-corrected chi connectivity index (χ0v) is 40.5. The second kappa shape index (κ2) is 19.4. The van der Waals surface area contributed by atoms with E-state index >= 15 is 0 Å². The molecule has 2 aliphatic carbocycles. The van der Waals surface area contributed by atoms with Crippen molar-refractivity contribution >= 4 is 0 Å². The number of phenols is 4. The Morgan fingerprint density at radius 1 is 0.452 bits per heavy atom. The van der Waals surface area contributed by atoms with Gasteiger partial charge in [0.05, 0.1) is 0 Å². The fourth-order valence-corrected chi connectivity index (χ4v) is 12.4. The van der Waals surface area contributed by atoms with E-state index in [1.165, 1.54) is 28.7 Å². The number of aromatic hydroxyl groups is 4. The van der Waals surface area contributed by atoms with Gasteiger partial charge in [0.25, 0.3) is 0 Å². The molecule has 4 nitrogen and oxygen atoms in total. The van der Waals surface area contributed by atoms with E-state index in [9.17, 15) is 20.4 Å². The molecule has 0 amide bonds. The summed E-state index contributed by atoms with van der Waals surface area (Å²) >= 11 is 0. The quantitative estimate of drug-likeness (QED) is 0.0906. The van der Waals surface area contributed by atoms with Gasteiger partial charge in [0.1, 0.15) is 23.0 Å². The summed E-state index contributed by atoms with van der Waals surface area (Å²) in [5, 5.41) is 44.4. The average Bonchev–Trinajstić information content (AvgIpc) is 3.28. The SMILES string of the molecule is CCC(C)c1cc(C2(c3ccc(O)c(C(C)CC)c3)CCC(C(C)(CC(C)C)C3CCC(c4ccc(O)c(C(C)CC)c4)(c4ccc(O)c(C(C)CC)c4)CC3)CC2)ccc1O. The van der Waals surface area contributed by atoms with Crippen LogP contribution in [0.2, 0.25) is 0 Å². The highest BCUT2D eigenvalue weighted by Crippen LogP contribution is 2.60. The molecule has 4 heteroatoms. The highest BCUT2D eigenvalue weighted by Gasteiger charge is 2.50. The van der Waals surface area contributed by atoms with Crippen molar-refractivity contribution in [1.82, 2.24) is 0 Å². The Morgan fingerprint density at radius 3 is 0.903 bits per heavy atom. The predicted molar refractivity (Wildman–Crippen MR) is 260 cm³/mol. The standard InChI is InChI=1S/C58H82O4/c1-12-38(7)48-32-44(16-20-52(48)59)57(45-17-21-53(60)49(33-45)39(8)13-2)28-24-42(25-29-57)56(11,36-37(5)6)43-26-30-58(31-27-43,46-18-22-54(61)50(34-46)40(9)14-3)47-19-23-55(62)51(35-47)41(10)15-4/h16-23,32-35,37-43,59-62H,12-15,24-31,36H2,1-11H3. The maximum Gasteiger partial charge on any atom is 0.119 e. The molecule has 62 heavy (non-hydrogen) atoms. The third-order valence-corrected chi connectivity index (χ3v) is 17.3. The summed E-state index contributed by atoms with van der Waals surface area (Å²) in [6, 6.07) is 25.8. The predicted octanol–water partition coefficient (Wildman–Crippen LogP) is 16.3. The van der Waals surface area contributed by atoms with E-state index in [4.69, 9.17) is 0 Å². The van der Waals surface area contributed by atoms with Crippen LogP contribution in [0.1, 0.15) is 228 Å². The number of hydrogen-bond donors (Lipinski definition) is 4. The van der Waals surface area contributed by atoms with Crippen molar-refractivity contribution in [2.45, 2.75) is 194 Å². The van der Waals surface area contributed by atoms with Crippen LogP contribution in [0.4, 0.5) is 0 Å². The Kier molecular flexibility index (Phi) is 14.9. The van der Waals surface area contributed by atoms with E-state index in [1.54, 1.807) is 0 Å². The molecule has 338 valence electrons. The molecule has 4 unspecified atom stereocenters. The van der Waals surface area contributed by atoms with Gasteiger partial charge in [-0.3, -0.25) is 0 Å². The first-order valence-corrected chi connectivity index (χ1v) is 24.8. The molecule has 2 saturated carbocycles. The van der Waals surface area contributed by atoms with Crippen LogP contribution in [0.5, 0.6) is 23.0 Å². The molecule has 4 N–H and O–H groups in total. The summed E-state index contributed by atoms with van der Waals surface area (Å²) in [6.07, 6.45) is 13.8. The van der Waals surface area contributed by atoms with Crippen LogP contribution in [-0.4, -0.2) is 20.4 Å². The van der Waals surface area contributed by atoms with Crippen LogP contribution in [0, 0.1) is 23.2 Å². The van der Waals surface area contributed by atoms with Gasteiger partial charge in [0.15, 0.2) is 0 Å². The second-order valence-corrected chi connectivity index (χ2v) is 21.1. The highest BCUT2D eigenvalue weighted by molar-refractivity contribution is 5.52. The number of phenolic OH excluding ortho intramolecular Hbond substituents is 4. The maximum absolute atomic E-state index is 11.1. The Hall–Kier alpha value is -3.92. The minimum Gasteiger partial charge on any atom is -0.508 e. The molecule has 4 atom stereocenters. The average molecular weight is 843 g/mol. The first kappa shape index (κ1) is 47.6. The van der Waals surface area contributed by atoms with Crippen molar-refractivity contribution in [2.24, 2.45) is 23.2 Å². The zero-order chi connectivity index (χ0) is 45.1. The lowest BCUT2D eigenvalue weighted by Gasteiger charge is -2.54. The smallest absolute Gasteiger partial charge is 0.119 e. The lowest BCUT2D eigenvalue weighted by Crippen LogP contribution is -2.45. The minimum atomic E-state index is -0.207. The van der Waals surface area contributed by atoms with Crippen LogP contribution in [0.3, 0.4) is 0 Å². The minimum absolute atomic E-state index is 0.161. The molecule has 2 fully saturated rings. The monoisotopic (exact) mass is 843 g/mol. The number of rotatable bonds is 16. The van der Waals surface area contributed by atoms with E-state index in [0.29, 0.717) is 40.8 Å². The molecule has 4 aromatic carbocycles. The highest BCUT2D eigenvalue weighted by atomic mass is 16.3. The molecule has 0 spiro atoms. The summed E-state index contributed by atoms with van der Waals surface area (Å²) in [7, 11) is 0. The van der Waals surface area contributed by atoms with Crippen molar-refractivity contribution in [1.29, 1.82) is 0 Å². The van der Waals surface area contributed by atoms with Crippen molar-refractivity contribution in [3.05, 3.63) is 117 Å². The molecule has 6 rings (SSSR count). The van der Waals surface area contributed by atoms with E-state index in [2.05, 4.69) is 125 Å². The van der Waals surface area contributed by atoms with Gasteiger partial charge in [-0.1, -0.05) is 125 Å². The summed E-state index contributed by atoms with van der Waals surface area (Å²) in [5.74, 6) is 4.34. The fraction of sp³-hybridized carbons (Fsp3) is 0.586. The third-order valence-electron chi connectivity index (χ3n) is 17.3. The molecule has 0 aliphatic heterocycles. The van der Waals surface area contributed by atoms with Gasteiger partial charge in [-0.15, -0.1) is 0 Å².